The molecule has 124 valence electrons. The second-order valence-electron chi connectivity index (χ2n) is 6.78. The van der Waals surface area contributed by atoms with Gasteiger partial charge in [0.2, 0.25) is 0 Å². The number of aromatic nitrogens is 1. The molecule has 4 atom stereocenters. The molecule has 0 radical (unpaired) electrons. The van der Waals surface area contributed by atoms with E-state index in [0.717, 1.165) is 29.1 Å². The molecule has 5 rings (SSSR count). The molecule has 5 heteroatoms. The van der Waals surface area contributed by atoms with Crippen LogP contribution in [0.25, 0.3) is 0 Å². The van der Waals surface area contributed by atoms with E-state index in [0.29, 0.717) is 5.92 Å². The third kappa shape index (κ3) is 2.19. The Labute approximate surface area is 145 Å². The van der Waals surface area contributed by atoms with E-state index in [-0.39, 0.29) is 23.8 Å². The van der Waals surface area contributed by atoms with Crippen LogP contribution in [0.5, 0.6) is 0 Å². The van der Waals surface area contributed by atoms with Gasteiger partial charge in [0.05, 0.1) is 17.1 Å². The Morgan fingerprint density at radius 3 is 2.84 bits per heavy atom. The number of amides is 1. The summed E-state index contributed by atoms with van der Waals surface area (Å²) in [6.07, 6.45) is 7.23. The van der Waals surface area contributed by atoms with E-state index in [1.54, 1.807) is 0 Å². The number of benzene rings is 1. The highest BCUT2D eigenvalue weighted by molar-refractivity contribution is 6.17. The van der Waals surface area contributed by atoms with E-state index < -0.39 is 0 Å². The van der Waals surface area contributed by atoms with Crippen LogP contribution in [0.4, 0.5) is 5.69 Å². The number of carbonyl (C=O) groups is 1. The lowest BCUT2D eigenvalue weighted by Gasteiger charge is -2.38. The number of carbonyl (C=O) groups excluding carboxylic acids is 1. The number of hydrogen-bond donors (Lipinski definition) is 2. The first-order valence-corrected chi connectivity index (χ1v) is 8.64. The molecule has 0 saturated heterocycles. The van der Waals surface area contributed by atoms with Gasteiger partial charge in [0.15, 0.2) is 0 Å². The molecule has 1 amide bonds. The van der Waals surface area contributed by atoms with Crippen molar-refractivity contribution >= 4 is 17.3 Å². The fraction of sp³-hybridized carbons (Fsp3) is 0.250. The minimum absolute atomic E-state index is 0.00171. The second kappa shape index (κ2) is 5.55. The minimum Gasteiger partial charge on any atom is -0.379 e. The van der Waals surface area contributed by atoms with Crippen LogP contribution in [0.1, 0.15) is 23.6 Å². The Morgan fingerprint density at radius 2 is 1.96 bits per heavy atom. The zero-order valence-corrected chi connectivity index (χ0v) is 13.6. The molecule has 0 fully saturated rings. The van der Waals surface area contributed by atoms with Crippen molar-refractivity contribution in [2.24, 2.45) is 16.9 Å². The number of hydrogen-bond acceptors (Lipinski definition) is 4. The van der Waals surface area contributed by atoms with Crippen LogP contribution in [0, 0.1) is 11.8 Å². The maximum atomic E-state index is 12.7. The Balaban J connectivity index is 1.56. The highest BCUT2D eigenvalue weighted by Gasteiger charge is 2.47. The van der Waals surface area contributed by atoms with Crippen LogP contribution in [0.15, 0.2) is 65.9 Å². The third-order valence-electron chi connectivity index (χ3n) is 5.44. The molecule has 0 bridgehead atoms. The van der Waals surface area contributed by atoms with E-state index in [2.05, 4.69) is 33.0 Å². The van der Waals surface area contributed by atoms with Crippen molar-refractivity contribution < 1.29 is 4.79 Å². The smallest absolute Gasteiger partial charge is 0.251 e. The van der Waals surface area contributed by atoms with Gasteiger partial charge in [-0.2, -0.15) is 5.10 Å². The zero-order valence-electron chi connectivity index (χ0n) is 13.6. The Morgan fingerprint density at radius 1 is 1.08 bits per heavy atom. The first-order chi connectivity index (χ1) is 12.3. The number of allylic oxidation sites excluding steroid dienone is 2. The topological polar surface area (TPSA) is 66.4 Å². The zero-order chi connectivity index (χ0) is 16.8. The monoisotopic (exact) mass is 330 g/mol. The summed E-state index contributed by atoms with van der Waals surface area (Å²) < 4.78 is 0. The number of pyridine rings is 1. The van der Waals surface area contributed by atoms with Gasteiger partial charge in [0.25, 0.3) is 5.91 Å². The van der Waals surface area contributed by atoms with Gasteiger partial charge in [0, 0.05) is 18.2 Å². The fourth-order valence-electron chi connectivity index (χ4n) is 4.32. The van der Waals surface area contributed by atoms with Gasteiger partial charge in [-0.05, 0) is 30.0 Å². The van der Waals surface area contributed by atoms with Crippen molar-refractivity contribution in [2.75, 3.05) is 5.32 Å². The summed E-state index contributed by atoms with van der Waals surface area (Å²) in [5.41, 5.74) is 6.60. The number of anilines is 1. The maximum absolute atomic E-state index is 12.7. The molecule has 1 aliphatic carbocycles. The van der Waals surface area contributed by atoms with Gasteiger partial charge in [-0.1, -0.05) is 42.5 Å². The molecule has 4 unspecified atom stereocenters. The first-order valence-electron chi connectivity index (χ1n) is 8.64. The maximum Gasteiger partial charge on any atom is 0.251 e. The molecular weight excluding hydrogens is 312 g/mol. The number of rotatable bonds is 2. The lowest BCUT2D eigenvalue weighted by atomic mass is 9.74. The predicted molar refractivity (Wildman–Crippen MR) is 96.2 cm³/mol. The van der Waals surface area contributed by atoms with Crippen LogP contribution >= 0.6 is 0 Å². The minimum atomic E-state index is -0.303. The van der Waals surface area contributed by atoms with Gasteiger partial charge < -0.3 is 5.32 Å². The van der Waals surface area contributed by atoms with E-state index in [1.807, 2.05) is 48.7 Å². The van der Waals surface area contributed by atoms with Crippen LogP contribution in [-0.2, 0) is 4.79 Å². The Bertz CT molecular complexity index is 890. The summed E-state index contributed by atoms with van der Waals surface area (Å²) in [4.78, 5) is 17.2. The average Bonchev–Trinajstić information content (AvgIpc) is 3.29. The quantitative estimate of drug-likeness (QED) is 0.832. The van der Waals surface area contributed by atoms with Crippen molar-refractivity contribution in [3.63, 3.8) is 0 Å². The van der Waals surface area contributed by atoms with Crippen molar-refractivity contribution in [2.45, 2.75) is 18.4 Å². The van der Waals surface area contributed by atoms with Crippen LogP contribution in [0.3, 0.4) is 0 Å². The van der Waals surface area contributed by atoms with Gasteiger partial charge in [-0.3, -0.25) is 9.78 Å². The van der Waals surface area contributed by atoms with Crippen molar-refractivity contribution in [3.8, 4) is 0 Å². The molecule has 1 aromatic carbocycles. The summed E-state index contributed by atoms with van der Waals surface area (Å²) in [6.45, 7) is 0. The van der Waals surface area contributed by atoms with Gasteiger partial charge in [0.1, 0.15) is 5.92 Å². The van der Waals surface area contributed by atoms with Crippen molar-refractivity contribution in [1.29, 1.82) is 0 Å². The molecule has 5 nitrogen and oxygen atoms in total. The SMILES string of the molecule is O=C1NN=C(c2ccccc2)C1C1Nc2cccnc2C2C=CCC21. The number of nitrogens with one attached hydrogen (secondary N) is 2. The summed E-state index contributed by atoms with van der Waals surface area (Å²) in [5.74, 6) is 0.232. The van der Waals surface area contributed by atoms with Gasteiger partial charge in [-0.25, -0.2) is 5.43 Å². The Hall–Kier alpha value is -2.95. The van der Waals surface area contributed by atoms with Crippen molar-refractivity contribution in [1.82, 2.24) is 10.4 Å². The van der Waals surface area contributed by atoms with Crippen LogP contribution in [-0.4, -0.2) is 22.6 Å². The first kappa shape index (κ1) is 14.4. The third-order valence-corrected chi connectivity index (χ3v) is 5.44. The molecule has 2 N–H and O–H groups in total. The summed E-state index contributed by atoms with van der Waals surface area (Å²) in [7, 11) is 0. The van der Waals surface area contributed by atoms with Gasteiger partial charge >= 0.3 is 0 Å². The van der Waals surface area contributed by atoms with Crippen LogP contribution < -0.4 is 10.7 Å². The number of nitrogens with zero attached hydrogens (tertiary/aromatic N) is 2. The number of hydrazone groups is 1. The molecular formula is C20H18N4O. The highest BCUT2D eigenvalue weighted by Crippen LogP contribution is 2.46. The van der Waals surface area contributed by atoms with Crippen LogP contribution in [0.2, 0.25) is 0 Å². The summed E-state index contributed by atoms with van der Waals surface area (Å²) in [6, 6.07) is 13.9. The molecule has 25 heavy (non-hydrogen) atoms. The van der Waals surface area contributed by atoms with E-state index in [4.69, 9.17) is 0 Å². The van der Waals surface area contributed by atoms with Gasteiger partial charge in [-0.15, -0.1) is 0 Å². The molecule has 3 heterocycles. The summed E-state index contributed by atoms with van der Waals surface area (Å²) >= 11 is 0. The van der Waals surface area contributed by atoms with Crippen molar-refractivity contribution in [3.05, 3.63) is 72.1 Å². The molecule has 2 aliphatic heterocycles. The fourth-order valence-corrected chi connectivity index (χ4v) is 4.32. The number of fused-ring (bicyclic) bond motifs is 3. The van der Waals surface area contributed by atoms with E-state index in [1.165, 1.54) is 0 Å². The normalized spacial score (nSPS) is 29.4. The standard InChI is InChI=1S/C20H18N4O/c25-20-16(17(23-24-20)12-6-2-1-3-7-12)19-14-9-4-8-13(14)18-15(22-19)10-5-11-21-18/h1-8,10-11,13-14,16,19,22H,9H2,(H,24,25). The molecule has 2 aromatic rings. The molecule has 3 aliphatic rings. The van der Waals surface area contributed by atoms with E-state index >= 15 is 0 Å². The molecule has 0 spiro atoms. The lowest BCUT2D eigenvalue weighted by molar-refractivity contribution is -0.122. The average molecular weight is 330 g/mol. The second-order valence-corrected chi connectivity index (χ2v) is 6.78. The Kier molecular flexibility index (Phi) is 3.20. The predicted octanol–water partition coefficient (Wildman–Crippen LogP) is 2.69. The summed E-state index contributed by atoms with van der Waals surface area (Å²) in [5, 5.41) is 7.95. The largest absolute Gasteiger partial charge is 0.379 e. The van der Waals surface area contributed by atoms with E-state index in [9.17, 15) is 4.79 Å². The molecule has 1 aromatic heterocycles. The highest BCUT2D eigenvalue weighted by atomic mass is 16.2. The molecule has 0 saturated carbocycles. The lowest BCUT2D eigenvalue weighted by Crippen LogP contribution is -2.47.